The van der Waals surface area contributed by atoms with Crippen LogP contribution in [0, 0.1) is 0 Å². The molecule has 0 saturated carbocycles. The van der Waals surface area contributed by atoms with Gasteiger partial charge in [-0.2, -0.15) is 5.10 Å². The molecular weight excluding hydrogens is 328 g/mol. The summed E-state index contributed by atoms with van der Waals surface area (Å²) in [5.41, 5.74) is 3.24. The van der Waals surface area contributed by atoms with E-state index in [4.69, 9.17) is 13.9 Å². The Labute approximate surface area is 153 Å². The molecule has 3 rings (SSSR count). The Morgan fingerprint density at radius 3 is 1.81 bits per heavy atom. The maximum atomic E-state index is 5.22. The predicted octanol–water partition coefficient (Wildman–Crippen LogP) is 4.33. The van der Waals surface area contributed by atoms with Gasteiger partial charge in [0.05, 0.1) is 46.1 Å². The molecule has 0 spiro atoms. The average molecular weight is 350 g/mol. The number of rotatable bonds is 8. The zero-order chi connectivity index (χ0) is 18.2. The third-order valence-electron chi connectivity index (χ3n) is 3.96. The first-order valence-corrected chi connectivity index (χ1v) is 8.34. The molecule has 134 valence electrons. The second kappa shape index (κ2) is 8.76. The van der Waals surface area contributed by atoms with Crippen LogP contribution in [0.1, 0.15) is 16.7 Å². The minimum Gasteiger partial charge on any atom is -0.497 e. The van der Waals surface area contributed by atoms with Crippen molar-refractivity contribution in [1.82, 2.24) is 5.01 Å². The summed E-state index contributed by atoms with van der Waals surface area (Å²) >= 11 is 0. The van der Waals surface area contributed by atoms with Crippen LogP contribution in [-0.4, -0.2) is 25.4 Å². The highest BCUT2D eigenvalue weighted by molar-refractivity contribution is 5.78. The van der Waals surface area contributed by atoms with Gasteiger partial charge in [0.1, 0.15) is 11.5 Å². The lowest BCUT2D eigenvalue weighted by Gasteiger charge is -2.19. The Hall–Kier alpha value is -3.21. The highest BCUT2D eigenvalue weighted by Gasteiger charge is 2.06. The van der Waals surface area contributed by atoms with E-state index in [0.29, 0.717) is 13.1 Å². The quantitative estimate of drug-likeness (QED) is 0.448. The lowest BCUT2D eigenvalue weighted by atomic mass is 10.2. The Kier molecular flexibility index (Phi) is 5.93. The highest BCUT2D eigenvalue weighted by Crippen LogP contribution is 2.17. The van der Waals surface area contributed by atoms with E-state index in [1.165, 1.54) is 0 Å². The number of furan rings is 1. The number of ether oxygens (including phenoxy) is 2. The molecule has 3 aromatic rings. The molecule has 2 aromatic carbocycles. The molecular formula is C21H22N2O3. The van der Waals surface area contributed by atoms with Crippen molar-refractivity contribution in [3.63, 3.8) is 0 Å². The fourth-order valence-corrected chi connectivity index (χ4v) is 2.52. The summed E-state index contributed by atoms with van der Waals surface area (Å²) < 4.78 is 15.5. The molecule has 0 radical (unpaired) electrons. The molecule has 0 fully saturated rings. The van der Waals surface area contributed by atoms with Gasteiger partial charge in [-0.15, -0.1) is 0 Å². The molecule has 0 unspecified atom stereocenters. The average Bonchev–Trinajstić information content (AvgIpc) is 3.21. The van der Waals surface area contributed by atoms with E-state index in [0.717, 1.165) is 28.2 Å². The van der Waals surface area contributed by atoms with Gasteiger partial charge in [-0.05, 0) is 41.5 Å². The first-order chi connectivity index (χ1) is 12.8. The second-order valence-electron chi connectivity index (χ2n) is 5.82. The molecule has 0 bridgehead atoms. The van der Waals surface area contributed by atoms with Crippen molar-refractivity contribution in [3.05, 3.63) is 83.8 Å². The van der Waals surface area contributed by atoms with Crippen molar-refractivity contribution in [3.8, 4) is 11.5 Å². The van der Waals surface area contributed by atoms with E-state index in [-0.39, 0.29) is 0 Å². The number of methoxy groups -OCH3 is 2. The number of hydrogen-bond donors (Lipinski definition) is 0. The van der Waals surface area contributed by atoms with Gasteiger partial charge >= 0.3 is 0 Å². The lowest BCUT2D eigenvalue weighted by Crippen LogP contribution is -2.17. The highest BCUT2D eigenvalue weighted by atomic mass is 16.5. The van der Waals surface area contributed by atoms with Crippen molar-refractivity contribution < 1.29 is 13.9 Å². The third-order valence-corrected chi connectivity index (χ3v) is 3.96. The molecule has 0 saturated heterocycles. The minimum atomic E-state index is 0.685. The smallest absolute Gasteiger partial charge is 0.118 e. The van der Waals surface area contributed by atoms with Gasteiger partial charge in [-0.3, -0.25) is 5.01 Å². The Balaban J connectivity index is 1.75. The van der Waals surface area contributed by atoms with E-state index in [1.54, 1.807) is 33.0 Å². The van der Waals surface area contributed by atoms with Crippen LogP contribution in [0.3, 0.4) is 0 Å². The van der Waals surface area contributed by atoms with Gasteiger partial charge in [0.15, 0.2) is 0 Å². The molecule has 26 heavy (non-hydrogen) atoms. The van der Waals surface area contributed by atoms with Crippen LogP contribution in [0.2, 0.25) is 0 Å². The molecule has 5 heteroatoms. The molecule has 0 N–H and O–H groups in total. The zero-order valence-corrected chi connectivity index (χ0v) is 15.0. The molecule has 0 aliphatic rings. The van der Waals surface area contributed by atoms with Gasteiger partial charge in [-0.1, -0.05) is 24.3 Å². The van der Waals surface area contributed by atoms with Crippen LogP contribution < -0.4 is 9.47 Å². The van der Waals surface area contributed by atoms with Crippen LogP contribution in [0.25, 0.3) is 0 Å². The van der Waals surface area contributed by atoms with Gasteiger partial charge in [0.2, 0.25) is 0 Å². The van der Waals surface area contributed by atoms with Crippen molar-refractivity contribution in [2.75, 3.05) is 14.2 Å². The zero-order valence-electron chi connectivity index (χ0n) is 15.0. The maximum absolute atomic E-state index is 5.22. The molecule has 0 aliphatic heterocycles. The van der Waals surface area contributed by atoms with Gasteiger partial charge in [-0.25, -0.2) is 0 Å². The summed E-state index contributed by atoms with van der Waals surface area (Å²) in [6.07, 6.45) is 5.11. The SMILES string of the molecule is COc1ccc(CN(Cc2ccc(OC)cc2)/N=C/c2ccoc2)cc1. The van der Waals surface area contributed by atoms with Crippen molar-refractivity contribution >= 4 is 6.21 Å². The van der Waals surface area contributed by atoms with E-state index < -0.39 is 0 Å². The Morgan fingerprint density at radius 1 is 0.846 bits per heavy atom. The first-order valence-electron chi connectivity index (χ1n) is 8.34. The van der Waals surface area contributed by atoms with E-state index >= 15 is 0 Å². The lowest BCUT2D eigenvalue weighted by molar-refractivity contribution is 0.272. The molecule has 1 heterocycles. The molecule has 1 aromatic heterocycles. The van der Waals surface area contributed by atoms with Crippen molar-refractivity contribution in [1.29, 1.82) is 0 Å². The monoisotopic (exact) mass is 350 g/mol. The third kappa shape index (κ3) is 4.89. The van der Waals surface area contributed by atoms with Gasteiger partial charge in [0, 0.05) is 5.56 Å². The standard InChI is InChI=1S/C21H22N2O3/c1-24-20-7-3-17(4-8-20)14-23(22-13-19-11-12-26-16-19)15-18-5-9-21(25-2)10-6-18/h3-13,16H,14-15H2,1-2H3/b22-13+. The van der Waals surface area contributed by atoms with Crippen LogP contribution >= 0.6 is 0 Å². The maximum Gasteiger partial charge on any atom is 0.118 e. The second-order valence-corrected chi connectivity index (χ2v) is 5.82. The number of nitrogens with zero attached hydrogens (tertiary/aromatic N) is 2. The summed E-state index contributed by atoms with van der Waals surface area (Å²) in [4.78, 5) is 0. The van der Waals surface area contributed by atoms with Gasteiger partial charge < -0.3 is 13.9 Å². The summed E-state index contributed by atoms with van der Waals surface area (Å²) in [7, 11) is 3.33. The predicted molar refractivity (Wildman–Crippen MR) is 102 cm³/mol. The Bertz CT molecular complexity index is 760. The first kappa shape index (κ1) is 17.6. The van der Waals surface area contributed by atoms with Crippen molar-refractivity contribution in [2.24, 2.45) is 5.10 Å². The minimum absolute atomic E-state index is 0.685. The summed E-state index contributed by atoms with van der Waals surface area (Å²) in [6, 6.07) is 17.9. The number of benzene rings is 2. The molecule has 5 nitrogen and oxygen atoms in total. The topological polar surface area (TPSA) is 47.2 Å². The fraction of sp³-hybridized carbons (Fsp3) is 0.190. The molecule has 0 atom stereocenters. The fourth-order valence-electron chi connectivity index (χ4n) is 2.52. The van der Waals surface area contributed by atoms with Crippen LogP contribution in [0.4, 0.5) is 0 Å². The van der Waals surface area contributed by atoms with Crippen LogP contribution in [-0.2, 0) is 13.1 Å². The molecule has 0 aliphatic carbocycles. The number of hydrogen-bond acceptors (Lipinski definition) is 5. The summed E-state index contributed by atoms with van der Waals surface area (Å²) in [6.45, 7) is 1.37. The van der Waals surface area contributed by atoms with Crippen LogP contribution in [0.15, 0.2) is 76.6 Å². The van der Waals surface area contributed by atoms with E-state index in [2.05, 4.69) is 5.10 Å². The molecule has 0 amide bonds. The largest absolute Gasteiger partial charge is 0.497 e. The van der Waals surface area contributed by atoms with Crippen LogP contribution in [0.5, 0.6) is 11.5 Å². The Morgan fingerprint density at radius 2 is 1.38 bits per heavy atom. The van der Waals surface area contributed by atoms with Gasteiger partial charge in [0.25, 0.3) is 0 Å². The van der Waals surface area contributed by atoms with E-state index in [1.807, 2.05) is 59.6 Å². The normalized spacial score (nSPS) is 10.8. The summed E-state index contributed by atoms with van der Waals surface area (Å²) in [5.74, 6) is 1.69. The van der Waals surface area contributed by atoms with E-state index in [9.17, 15) is 0 Å². The van der Waals surface area contributed by atoms with Crippen molar-refractivity contribution in [2.45, 2.75) is 13.1 Å². The number of hydrazone groups is 1. The summed E-state index contributed by atoms with van der Waals surface area (Å²) in [5, 5.41) is 6.64.